The van der Waals surface area contributed by atoms with Gasteiger partial charge < -0.3 is 25.0 Å². The van der Waals surface area contributed by atoms with Crippen LogP contribution in [0.1, 0.15) is 12.0 Å². The van der Waals surface area contributed by atoms with Gasteiger partial charge in [-0.05, 0) is 36.2 Å². The van der Waals surface area contributed by atoms with Gasteiger partial charge in [0.25, 0.3) is 0 Å². The highest BCUT2D eigenvalue weighted by molar-refractivity contribution is 5.73. The Morgan fingerprint density at radius 2 is 1.81 bits per heavy atom. The Bertz CT molecular complexity index is 721. The summed E-state index contributed by atoms with van der Waals surface area (Å²) in [6.45, 7) is 3.09. The molecule has 2 amide bonds. The molecule has 3 rings (SSSR count). The van der Waals surface area contributed by atoms with Crippen LogP contribution in [0.25, 0.3) is 0 Å². The zero-order valence-electron chi connectivity index (χ0n) is 15.0. The molecule has 2 aromatic carbocycles. The van der Waals surface area contributed by atoms with Gasteiger partial charge in [-0.1, -0.05) is 24.3 Å². The van der Waals surface area contributed by atoms with Gasteiger partial charge in [0.2, 0.25) is 0 Å². The number of ether oxygens (including phenoxy) is 2. The van der Waals surface area contributed by atoms with Crippen molar-refractivity contribution in [2.75, 3.05) is 38.3 Å². The van der Waals surface area contributed by atoms with Crippen molar-refractivity contribution in [3.63, 3.8) is 0 Å². The van der Waals surface area contributed by atoms with Crippen molar-refractivity contribution in [3.05, 3.63) is 54.1 Å². The monoisotopic (exact) mass is 355 g/mol. The van der Waals surface area contributed by atoms with Gasteiger partial charge in [-0.2, -0.15) is 0 Å². The number of fused-ring (bicyclic) bond motifs is 1. The molecule has 0 fully saturated rings. The fourth-order valence-electron chi connectivity index (χ4n) is 2.77. The minimum absolute atomic E-state index is 0.165. The molecule has 1 heterocycles. The van der Waals surface area contributed by atoms with Gasteiger partial charge in [0.05, 0.1) is 0 Å². The second kappa shape index (κ2) is 8.99. The van der Waals surface area contributed by atoms with E-state index in [1.165, 1.54) is 5.69 Å². The summed E-state index contributed by atoms with van der Waals surface area (Å²) in [4.78, 5) is 14.1. The maximum Gasteiger partial charge on any atom is 0.315 e. The quantitative estimate of drug-likeness (QED) is 0.750. The lowest BCUT2D eigenvalue weighted by Crippen LogP contribution is -2.36. The Labute approximate surface area is 154 Å². The topological polar surface area (TPSA) is 62.8 Å². The molecule has 1 aliphatic heterocycles. The molecule has 0 saturated carbocycles. The molecular formula is C20H25N3O3. The molecule has 0 aromatic heterocycles. The fourth-order valence-corrected chi connectivity index (χ4v) is 2.77. The van der Waals surface area contributed by atoms with Crippen molar-refractivity contribution in [3.8, 4) is 11.5 Å². The number of benzene rings is 2. The van der Waals surface area contributed by atoms with Crippen LogP contribution in [0.4, 0.5) is 10.5 Å². The maximum atomic E-state index is 11.9. The zero-order chi connectivity index (χ0) is 18.2. The first kappa shape index (κ1) is 17.9. The average molecular weight is 355 g/mol. The number of para-hydroxylation sites is 1. The minimum atomic E-state index is -0.165. The second-order valence-corrected chi connectivity index (χ2v) is 6.20. The Morgan fingerprint density at radius 3 is 2.62 bits per heavy atom. The van der Waals surface area contributed by atoms with E-state index >= 15 is 0 Å². The summed E-state index contributed by atoms with van der Waals surface area (Å²) in [5, 5.41) is 5.75. The van der Waals surface area contributed by atoms with E-state index in [0.717, 1.165) is 30.0 Å². The molecule has 0 aliphatic carbocycles. The summed E-state index contributed by atoms with van der Waals surface area (Å²) in [6, 6.07) is 15.8. The van der Waals surface area contributed by atoms with Crippen LogP contribution < -0.4 is 25.0 Å². The van der Waals surface area contributed by atoms with Crippen LogP contribution in [0.2, 0.25) is 0 Å². The maximum absolute atomic E-state index is 11.9. The Kier molecular flexibility index (Phi) is 6.19. The molecule has 2 aromatic rings. The minimum Gasteiger partial charge on any atom is -0.486 e. The molecule has 0 saturated heterocycles. The number of rotatable bonds is 7. The van der Waals surface area contributed by atoms with Crippen molar-refractivity contribution in [1.29, 1.82) is 0 Å². The summed E-state index contributed by atoms with van der Waals surface area (Å²) in [6.07, 6.45) is 0.878. The third-order valence-electron chi connectivity index (χ3n) is 4.21. The second-order valence-electron chi connectivity index (χ2n) is 6.20. The first-order chi connectivity index (χ1) is 12.7. The van der Waals surface area contributed by atoms with Crippen molar-refractivity contribution in [1.82, 2.24) is 10.6 Å². The van der Waals surface area contributed by atoms with Gasteiger partial charge >= 0.3 is 6.03 Å². The predicted molar refractivity (Wildman–Crippen MR) is 102 cm³/mol. The van der Waals surface area contributed by atoms with Gasteiger partial charge in [-0.25, -0.2) is 4.79 Å². The summed E-state index contributed by atoms with van der Waals surface area (Å²) in [5.74, 6) is 1.49. The first-order valence-corrected chi connectivity index (χ1v) is 8.89. The zero-order valence-corrected chi connectivity index (χ0v) is 15.0. The third-order valence-corrected chi connectivity index (χ3v) is 4.21. The third kappa shape index (κ3) is 5.05. The van der Waals surface area contributed by atoms with Gasteiger partial charge in [-0.3, -0.25) is 0 Å². The van der Waals surface area contributed by atoms with E-state index in [9.17, 15) is 4.79 Å². The van der Waals surface area contributed by atoms with Gasteiger partial charge in [0.15, 0.2) is 11.5 Å². The SMILES string of the molecule is CN(CCCNC(=O)NCc1ccc2c(c1)OCCO2)c1ccccc1. The molecule has 0 bridgehead atoms. The largest absolute Gasteiger partial charge is 0.486 e. The average Bonchev–Trinajstić information content (AvgIpc) is 2.70. The number of amides is 2. The summed E-state index contributed by atoms with van der Waals surface area (Å²) in [7, 11) is 2.05. The predicted octanol–water partition coefficient (Wildman–Crippen LogP) is 2.78. The number of urea groups is 1. The molecule has 0 radical (unpaired) electrons. The molecule has 0 atom stereocenters. The van der Waals surface area contributed by atoms with Crippen molar-refractivity contribution >= 4 is 11.7 Å². The first-order valence-electron chi connectivity index (χ1n) is 8.89. The van der Waals surface area contributed by atoms with Crippen molar-refractivity contribution in [2.24, 2.45) is 0 Å². The molecule has 6 nitrogen and oxygen atoms in total. The summed E-state index contributed by atoms with van der Waals surface area (Å²) < 4.78 is 11.0. The van der Waals surface area contributed by atoms with Crippen LogP contribution in [-0.4, -0.2) is 39.4 Å². The number of hydrogen-bond acceptors (Lipinski definition) is 4. The number of carbonyl (C=O) groups excluding carboxylic acids is 1. The fraction of sp³-hybridized carbons (Fsp3) is 0.350. The van der Waals surface area contributed by atoms with Crippen molar-refractivity contribution in [2.45, 2.75) is 13.0 Å². The number of hydrogen-bond donors (Lipinski definition) is 2. The van der Waals surface area contributed by atoms with Crippen molar-refractivity contribution < 1.29 is 14.3 Å². The van der Waals surface area contributed by atoms with E-state index in [-0.39, 0.29) is 6.03 Å². The van der Waals surface area contributed by atoms with Crippen LogP contribution >= 0.6 is 0 Å². The molecular weight excluding hydrogens is 330 g/mol. The van der Waals surface area contributed by atoms with E-state index in [4.69, 9.17) is 9.47 Å². The Hall–Kier alpha value is -2.89. The summed E-state index contributed by atoms with van der Waals surface area (Å²) >= 11 is 0. The number of nitrogens with one attached hydrogen (secondary N) is 2. The van der Waals surface area contributed by atoms with Gasteiger partial charge in [0.1, 0.15) is 13.2 Å². The smallest absolute Gasteiger partial charge is 0.315 e. The highest BCUT2D eigenvalue weighted by Gasteiger charge is 2.11. The molecule has 26 heavy (non-hydrogen) atoms. The molecule has 0 unspecified atom stereocenters. The molecule has 0 spiro atoms. The van der Waals surface area contributed by atoms with E-state index in [1.54, 1.807) is 0 Å². The van der Waals surface area contributed by atoms with E-state index in [1.807, 2.05) is 36.4 Å². The molecule has 138 valence electrons. The van der Waals surface area contributed by atoms with Crippen LogP contribution in [0, 0.1) is 0 Å². The van der Waals surface area contributed by atoms with Gasteiger partial charge in [-0.15, -0.1) is 0 Å². The van der Waals surface area contributed by atoms with E-state index < -0.39 is 0 Å². The van der Waals surface area contributed by atoms with Crippen LogP contribution in [0.15, 0.2) is 48.5 Å². The molecule has 6 heteroatoms. The molecule has 2 N–H and O–H groups in total. The number of nitrogens with zero attached hydrogens (tertiary/aromatic N) is 1. The van der Waals surface area contributed by atoms with E-state index in [0.29, 0.717) is 26.3 Å². The van der Waals surface area contributed by atoms with Gasteiger partial charge in [0, 0.05) is 32.4 Å². The summed E-state index contributed by atoms with van der Waals surface area (Å²) in [5.41, 5.74) is 2.16. The highest BCUT2D eigenvalue weighted by Crippen LogP contribution is 2.30. The Balaban J connectivity index is 1.34. The standard InChI is InChI=1S/C20H25N3O3/c1-23(17-6-3-2-4-7-17)11-5-10-21-20(24)22-15-16-8-9-18-19(14-16)26-13-12-25-18/h2-4,6-9,14H,5,10-13,15H2,1H3,(H2,21,22,24). The highest BCUT2D eigenvalue weighted by atomic mass is 16.6. The lowest BCUT2D eigenvalue weighted by molar-refractivity contribution is 0.171. The van der Waals surface area contributed by atoms with E-state index in [2.05, 4.69) is 34.7 Å². The van der Waals surface area contributed by atoms with Crippen LogP contribution in [0.5, 0.6) is 11.5 Å². The Morgan fingerprint density at radius 1 is 1.04 bits per heavy atom. The molecule has 1 aliphatic rings. The number of anilines is 1. The normalized spacial score (nSPS) is 12.3. The van der Waals surface area contributed by atoms with Crippen LogP contribution in [-0.2, 0) is 6.54 Å². The lowest BCUT2D eigenvalue weighted by Gasteiger charge is -2.19. The van der Waals surface area contributed by atoms with Crippen LogP contribution in [0.3, 0.4) is 0 Å². The number of carbonyl (C=O) groups is 1. The lowest BCUT2D eigenvalue weighted by atomic mass is 10.2.